The van der Waals surface area contributed by atoms with Crippen LogP contribution in [0.3, 0.4) is 0 Å². The zero-order valence-electron chi connectivity index (χ0n) is 10.9. The number of hydrogen-bond acceptors (Lipinski definition) is 3. The van der Waals surface area contributed by atoms with Crippen LogP contribution in [0.5, 0.6) is 0 Å². The van der Waals surface area contributed by atoms with Gasteiger partial charge in [-0.2, -0.15) is 13.2 Å². The Hall–Kier alpha value is -1.01. The Morgan fingerprint density at radius 2 is 2.00 bits per heavy atom. The Labute approximate surface area is 122 Å². The number of nitrogens with zero attached hydrogens (tertiary/aromatic N) is 2. The van der Waals surface area contributed by atoms with Gasteiger partial charge in [0.25, 0.3) is 0 Å². The second-order valence-corrected chi connectivity index (χ2v) is 5.31. The zero-order chi connectivity index (χ0) is 13.5. The molecule has 20 heavy (non-hydrogen) atoms. The minimum absolute atomic E-state index is 0. The van der Waals surface area contributed by atoms with Crippen LogP contribution in [-0.2, 0) is 6.18 Å². The van der Waals surface area contributed by atoms with Crippen molar-refractivity contribution >= 4 is 18.1 Å². The van der Waals surface area contributed by atoms with Gasteiger partial charge in [0, 0.05) is 25.0 Å². The van der Waals surface area contributed by atoms with Crippen LogP contribution in [0.15, 0.2) is 18.3 Å². The number of anilines is 1. The van der Waals surface area contributed by atoms with Crippen molar-refractivity contribution in [2.24, 2.45) is 11.8 Å². The molecule has 0 amide bonds. The average molecular weight is 308 g/mol. The number of rotatable bonds is 1. The average Bonchev–Trinajstić information content (AvgIpc) is 2.85. The van der Waals surface area contributed by atoms with Gasteiger partial charge in [0.05, 0.1) is 0 Å². The van der Waals surface area contributed by atoms with Gasteiger partial charge in [-0.05, 0) is 43.5 Å². The highest BCUT2D eigenvalue weighted by Gasteiger charge is 2.35. The SMILES string of the molecule is Cl.FC(F)(F)c1cc(N2CC[C@@H]3CNC[C@@H]3C2)ccn1. The Balaban J connectivity index is 0.00000147. The number of halogens is 4. The summed E-state index contributed by atoms with van der Waals surface area (Å²) in [6.45, 7) is 3.67. The lowest BCUT2D eigenvalue weighted by atomic mass is 9.88. The predicted molar refractivity (Wildman–Crippen MR) is 73.2 cm³/mol. The summed E-state index contributed by atoms with van der Waals surface area (Å²) < 4.78 is 38.0. The predicted octanol–water partition coefficient (Wildman–Crippen LogP) is 2.57. The van der Waals surface area contributed by atoms with Crippen LogP contribution in [0, 0.1) is 11.8 Å². The first-order valence-corrected chi connectivity index (χ1v) is 6.53. The standard InChI is InChI=1S/C13H16F3N3.ClH/c14-13(15,16)12-5-11(1-3-18-12)19-4-2-9-6-17-7-10(9)8-19;/h1,3,5,9-10,17H,2,4,6-8H2;1H/t9-,10-;/m1./s1. The largest absolute Gasteiger partial charge is 0.433 e. The molecule has 0 aliphatic carbocycles. The van der Waals surface area contributed by atoms with E-state index >= 15 is 0 Å². The lowest BCUT2D eigenvalue weighted by Crippen LogP contribution is -2.40. The van der Waals surface area contributed by atoms with Gasteiger partial charge in [-0.1, -0.05) is 0 Å². The van der Waals surface area contributed by atoms with Crippen LogP contribution in [0.25, 0.3) is 0 Å². The third-order valence-corrected chi connectivity index (χ3v) is 4.10. The molecule has 2 aliphatic rings. The normalized spacial score (nSPS) is 26.1. The molecule has 1 N–H and O–H groups in total. The van der Waals surface area contributed by atoms with Gasteiger partial charge in [-0.25, -0.2) is 0 Å². The summed E-state index contributed by atoms with van der Waals surface area (Å²) >= 11 is 0. The molecule has 1 aromatic heterocycles. The Morgan fingerprint density at radius 1 is 1.25 bits per heavy atom. The summed E-state index contributed by atoms with van der Waals surface area (Å²) in [7, 11) is 0. The first-order valence-electron chi connectivity index (χ1n) is 6.53. The molecule has 7 heteroatoms. The van der Waals surface area contributed by atoms with Crippen LogP contribution >= 0.6 is 12.4 Å². The molecule has 0 spiro atoms. The lowest BCUT2D eigenvalue weighted by Gasteiger charge is -2.36. The van der Waals surface area contributed by atoms with Crippen molar-refractivity contribution < 1.29 is 13.2 Å². The van der Waals surface area contributed by atoms with Crippen molar-refractivity contribution in [1.29, 1.82) is 0 Å². The van der Waals surface area contributed by atoms with Crippen LogP contribution in [-0.4, -0.2) is 31.2 Å². The smallest absolute Gasteiger partial charge is 0.371 e. The summed E-state index contributed by atoms with van der Waals surface area (Å²) in [5.74, 6) is 1.23. The van der Waals surface area contributed by atoms with Crippen LogP contribution in [0.1, 0.15) is 12.1 Å². The van der Waals surface area contributed by atoms with Gasteiger partial charge in [0.15, 0.2) is 0 Å². The molecule has 1 aromatic rings. The first kappa shape index (κ1) is 15.4. The molecule has 3 nitrogen and oxygen atoms in total. The maximum Gasteiger partial charge on any atom is 0.433 e. The number of aromatic nitrogens is 1. The molecule has 3 rings (SSSR count). The molecule has 2 atom stereocenters. The van der Waals surface area contributed by atoms with E-state index in [0.717, 1.165) is 38.7 Å². The summed E-state index contributed by atoms with van der Waals surface area (Å²) in [5, 5.41) is 3.35. The number of fused-ring (bicyclic) bond motifs is 1. The molecule has 2 saturated heterocycles. The molecule has 0 saturated carbocycles. The Bertz CT molecular complexity index is 466. The summed E-state index contributed by atoms with van der Waals surface area (Å²) in [4.78, 5) is 5.45. The molecule has 0 radical (unpaired) electrons. The first-order chi connectivity index (χ1) is 9.04. The molecule has 3 heterocycles. The van der Waals surface area contributed by atoms with Crippen molar-refractivity contribution in [3.63, 3.8) is 0 Å². The van der Waals surface area contributed by atoms with Crippen LogP contribution in [0.2, 0.25) is 0 Å². The van der Waals surface area contributed by atoms with E-state index in [0.29, 0.717) is 17.5 Å². The van der Waals surface area contributed by atoms with Gasteiger partial charge in [-0.3, -0.25) is 4.98 Å². The fourth-order valence-electron chi connectivity index (χ4n) is 3.04. The molecule has 112 valence electrons. The second-order valence-electron chi connectivity index (χ2n) is 5.31. The fourth-order valence-corrected chi connectivity index (χ4v) is 3.04. The molecule has 2 aliphatic heterocycles. The number of alkyl halides is 3. The topological polar surface area (TPSA) is 28.2 Å². The maximum absolute atomic E-state index is 12.7. The van der Waals surface area contributed by atoms with Gasteiger partial charge >= 0.3 is 6.18 Å². The number of piperidine rings is 1. The zero-order valence-corrected chi connectivity index (χ0v) is 11.7. The Kier molecular flexibility index (Phi) is 4.44. The summed E-state index contributed by atoms with van der Waals surface area (Å²) in [6.07, 6.45) is -2.08. The minimum atomic E-state index is -4.37. The van der Waals surface area contributed by atoms with Gasteiger partial charge in [-0.15, -0.1) is 12.4 Å². The van der Waals surface area contributed by atoms with E-state index in [4.69, 9.17) is 0 Å². The monoisotopic (exact) mass is 307 g/mol. The molecule has 0 unspecified atom stereocenters. The van der Waals surface area contributed by atoms with Crippen molar-refractivity contribution in [2.75, 3.05) is 31.1 Å². The van der Waals surface area contributed by atoms with Gasteiger partial charge < -0.3 is 10.2 Å². The number of pyridine rings is 1. The fraction of sp³-hybridized carbons (Fsp3) is 0.615. The molecule has 2 fully saturated rings. The highest BCUT2D eigenvalue weighted by molar-refractivity contribution is 5.85. The summed E-state index contributed by atoms with van der Waals surface area (Å²) in [6, 6.07) is 2.82. The van der Waals surface area contributed by atoms with E-state index in [9.17, 15) is 13.2 Å². The van der Waals surface area contributed by atoms with E-state index < -0.39 is 11.9 Å². The third-order valence-electron chi connectivity index (χ3n) is 4.10. The van der Waals surface area contributed by atoms with E-state index in [1.54, 1.807) is 6.07 Å². The van der Waals surface area contributed by atoms with Crippen molar-refractivity contribution in [1.82, 2.24) is 10.3 Å². The van der Waals surface area contributed by atoms with Crippen LogP contribution < -0.4 is 10.2 Å². The highest BCUT2D eigenvalue weighted by atomic mass is 35.5. The van der Waals surface area contributed by atoms with Gasteiger partial charge in [0.2, 0.25) is 0 Å². The lowest BCUT2D eigenvalue weighted by molar-refractivity contribution is -0.141. The highest BCUT2D eigenvalue weighted by Crippen LogP contribution is 2.33. The van der Waals surface area contributed by atoms with Crippen molar-refractivity contribution in [3.05, 3.63) is 24.0 Å². The van der Waals surface area contributed by atoms with E-state index in [-0.39, 0.29) is 12.4 Å². The van der Waals surface area contributed by atoms with E-state index in [1.165, 1.54) is 6.20 Å². The molecule has 0 aromatic carbocycles. The quantitative estimate of drug-likeness (QED) is 0.864. The number of nitrogens with one attached hydrogen (secondary N) is 1. The van der Waals surface area contributed by atoms with Crippen LogP contribution in [0.4, 0.5) is 18.9 Å². The minimum Gasteiger partial charge on any atom is -0.371 e. The second kappa shape index (κ2) is 5.77. The molecule has 0 bridgehead atoms. The summed E-state index contributed by atoms with van der Waals surface area (Å²) in [5.41, 5.74) is -0.177. The Morgan fingerprint density at radius 3 is 2.75 bits per heavy atom. The molecular formula is C13H17ClF3N3. The molecular weight excluding hydrogens is 291 g/mol. The third kappa shape index (κ3) is 3.01. The van der Waals surface area contributed by atoms with E-state index in [1.807, 2.05) is 4.90 Å². The van der Waals surface area contributed by atoms with E-state index in [2.05, 4.69) is 10.3 Å². The van der Waals surface area contributed by atoms with Crippen molar-refractivity contribution in [2.45, 2.75) is 12.6 Å². The number of hydrogen-bond donors (Lipinski definition) is 1. The van der Waals surface area contributed by atoms with Gasteiger partial charge in [0.1, 0.15) is 5.69 Å². The maximum atomic E-state index is 12.7. The van der Waals surface area contributed by atoms with Crippen molar-refractivity contribution in [3.8, 4) is 0 Å².